The third-order valence-corrected chi connectivity index (χ3v) is 8.79. The second-order valence-electron chi connectivity index (χ2n) is 11.8. The van der Waals surface area contributed by atoms with Crippen LogP contribution >= 0.6 is 0 Å². The van der Waals surface area contributed by atoms with Gasteiger partial charge >= 0.3 is 0 Å². The summed E-state index contributed by atoms with van der Waals surface area (Å²) in [4.78, 5) is 10.2. The van der Waals surface area contributed by atoms with Gasteiger partial charge in [-0.2, -0.15) is 0 Å². The smallest absolute Gasteiger partial charge is 0.0790 e. The summed E-state index contributed by atoms with van der Waals surface area (Å²) in [7, 11) is 0. The summed E-state index contributed by atoms with van der Waals surface area (Å²) >= 11 is 0. The first-order chi connectivity index (χ1) is 21.6. The highest BCUT2D eigenvalue weighted by Crippen LogP contribution is 2.39. The molecule has 0 saturated carbocycles. The lowest BCUT2D eigenvalue weighted by Gasteiger charge is -2.15. The van der Waals surface area contributed by atoms with Gasteiger partial charge in [-0.25, -0.2) is 0 Å². The normalized spacial score (nSPS) is 13.1. The first-order valence-electron chi connectivity index (χ1n) is 15.4. The third kappa shape index (κ3) is 4.60. The van der Waals surface area contributed by atoms with Crippen molar-refractivity contribution in [2.24, 2.45) is 0 Å². The van der Waals surface area contributed by atoms with Crippen molar-refractivity contribution in [2.45, 2.75) is 26.7 Å². The van der Waals surface area contributed by atoms with Gasteiger partial charge < -0.3 is 0 Å². The van der Waals surface area contributed by atoms with Crippen molar-refractivity contribution in [2.75, 3.05) is 0 Å². The maximum Gasteiger partial charge on any atom is 0.0790 e. The highest BCUT2D eigenvalue weighted by Gasteiger charge is 2.15. The Morgan fingerprint density at radius 3 is 1.57 bits per heavy atom. The maximum absolute atomic E-state index is 5.11. The van der Waals surface area contributed by atoms with Crippen LogP contribution in [0.3, 0.4) is 0 Å². The Bertz CT molecular complexity index is 2290. The fourth-order valence-corrected chi connectivity index (χ4v) is 6.71. The molecule has 210 valence electrons. The van der Waals surface area contributed by atoms with E-state index in [1.165, 1.54) is 44.5 Å². The number of hydrogen-bond donors (Lipinski definition) is 0. The van der Waals surface area contributed by atoms with Crippen molar-refractivity contribution in [1.29, 1.82) is 0 Å². The van der Waals surface area contributed by atoms with Crippen LogP contribution in [0, 0.1) is 13.8 Å². The van der Waals surface area contributed by atoms with Crippen LogP contribution in [-0.4, -0.2) is 9.97 Å². The van der Waals surface area contributed by atoms with Gasteiger partial charge in [0.25, 0.3) is 0 Å². The number of hydrogen-bond acceptors (Lipinski definition) is 2. The Balaban J connectivity index is 1.31. The minimum Gasteiger partial charge on any atom is -0.252 e. The van der Waals surface area contributed by atoms with Gasteiger partial charge in [0.2, 0.25) is 0 Å². The van der Waals surface area contributed by atoms with Crippen LogP contribution in [-0.2, 0) is 0 Å². The molecule has 0 N–H and O–H groups in total. The zero-order valence-electron chi connectivity index (χ0n) is 25.0. The lowest BCUT2D eigenvalue weighted by molar-refractivity contribution is 1.04. The van der Waals surface area contributed by atoms with Gasteiger partial charge in [-0.3, -0.25) is 9.97 Å². The second kappa shape index (κ2) is 10.7. The van der Waals surface area contributed by atoms with E-state index in [0.29, 0.717) is 0 Å². The number of aryl methyl sites for hydroxylation is 2. The zero-order valence-corrected chi connectivity index (χ0v) is 25.0. The quantitative estimate of drug-likeness (QED) is 0.199. The molecule has 2 aromatic heterocycles. The number of pyridine rings is 2. The molecule has 1 aliphatic carbocycles. The molecule has 2 nitrogen and oxygen atoms in total. The SMILES string of the molecule is Cc1cc(-c2cccc(C3=CCCC=C3)c2)c2ccc3c(ccc4c(-c5cccc(-c6ccccc6)c5)cc(C)nc43)c2n1. The molecular weight excluding hydrogens is 532 g/mol. The van der Waals surface area contributed by atoms with Gasteiger partial charge in [0.1, 0.15) is 0 Å². The Labute approximate surface area is 258 Å². The minimum absolute atomic E-state index is 1.01. The van der Waals surface area contributed by atoms with Crippen molar-refractivity contribution in [3.63, 3.8) is 0 Å². The Morgan fingerprint density at radius 1 is 0.455 bits per heavy atom. The Hall–Kier alpha value is -5.34. The summed E-state index contributed by atoms with van der Waals surface area (Å²) in [6, 6.07) is 41.7. The monoisotopic (exact) mass is 564 g/mol. The van der Waals surface area contributed by atoms with E-state index in [1.54, 1.807) is 0 Å². The molecule has 44 heavy (non-hydrogen) atoms. The van der Waals surface area contributed by atoms with Gasteiger partial charge in [0.15, 0.2) is 0 Å². The number of fused-ring (bicyclic) bond motifs is 5. The average molecular weight is 565 g/mol. The molecule has 0 radical (unpaired) electrons. The summed E-state index contributed by atoms with van der Waals surface area (Å²) in [6.45, 7) is 4.19. The zero-order chi connectivity index (χ0) is 29.6. The van der Waals surface area contributed by atoms with E-state index in [9.17, 15) is 0 Å². The number of aromatic nitrogens is 2. The van der Waals surface area contributed by atoms with Gasteiger partial charge in [0.05, 0.1) is 11.0 Å². The van der Waals surface area contributed by atoms with Gasteiger partial charge in [-0.05, 0) is 95.5 Å². The lowest BCUT2D eigenvalue weighted by atomic mass is 9.92. The largest absolute Gasteiger partial charge is 0.252 e. The van der Waals surface area contributed by atoms with Crippen molar-refractivity contribution >= 4 is 38.2 Å². The van der Waals surface area contributed by atoms with E-state index >= 15 is 0 Å². The molecule has 2 heterocycles. The predicted molar refractivity (Wildman–Crippen MR) is 187 cm³/mol. The first-order valence-corrected chi connectivity index (χ1v) is 15.4. The lowest BCUT2D eigenvalue weighted by Crippen LogP contribution is -1.94. The van der Waals surface area contributed by atoms with Crippen LogP contribution in [0.15, 0.2) is 133 Å². The van der Waals surface area contributed by atoms with Crippen LogP contribution in [0.1, 0.15) is 29.8 Å². The van der Waals surface area contributed by atoms with E-state index in [1.807, 2.05) is 0 Å². The molecule has 0 fully saturated rings. The Morgan fingerprint density at radius 2 is 0.977 bits per heavy atom. The van der Waals surface area contributed by atoms with Gasteiger partial charge in [0, 0.05) is 32.9 Å². The second-order valence-corrected chi connectivity index (χ2v) is 11.8. The van der Waals surface area contributed by atoms with Crippen LogP contribution in [0.5, 0.6) is 0 Å². The van der Waals surface area contributed by atoms with Crippen molar-refractivity contribution in [3.05, 3.63) is 150 Å². The molecule has 0 atom stereocenters. The third-order valence-electron chi connectivity index (χ3n) is 8.79. The molecule has 0 bridgehead atoms. The summed E-state index contributed by atoms with van der Waals surface area (Å²) in [5, 5.41) is 4.59. The number of nitrogens with zero attached hydrogens (tertiary/aromatic N) is 2. The molecule has 0 amide bonds. The molecule has 0 spiro atoms. The van der Waals surface area contributed by atoms with E-state index in [-0.39, 0.29) is 0 Å². The maximum atomic E-state index is 5.11. The minimum atomic E-state index is 1.01. The van der Waals surface area contributed by atoms with E-state index in [4.69, 9.17) is 9.97 Å². The highest BCUT2D eigenvalue weighted by molar-refractivity contribution is 6.19. The van der Waals surface area contributed by atoms with Crippen molar-refractivity contribution in [1.82, 2.24) is 9.97 Å². The van der Waals surface area contributed by atoms with Crippen LogP contribution in [0.4, 0.5) is 0 Å². The molecular formula is C42H32N2. The number of rotatable bonds is 4. The first kappa shape index (κ1) is 26.3. The number of benzene rings is 5. The molecule has 7 aromatic rings. The molecule has 5 aromatic carbocycles. The van der Waals surface area contributed by atoms with E-state index < -0.39 is 0 Å². The summed E-state index contributed by atoms with van der Waals surface area (Å²) in [6.07, 6.45) is 9.08. The predicted octanol–water partition coefficient (Wildman–Crippen LogP) is 11.3. The van der Waals surface area contributed by atoms with Gasteiger partial charge in [-0.15, -0.1) is 0 Å². The number of allylic oxidation sites excluding steroid dienone is 4. The highest BCUT2D eigenvalue weighted by atomic mass is 14.7. The molecule has 0 unspecified atom stereocenters. The average Bonchev–Trinajstić information content (AvgIpc) is 3.08. The van der Waals surface area contributed by atoms with Gasteiger partial charge in [-0.1, -0.05) is 109 Å². The molecule has 8 rings (SSSR count). The van der Waals surface area contributed by atoms with Crippen molar-refractivity contribution < 1.29 is 0 Å². The molecule has 2 heteroatoms. The molecule has 0 saturated heterocycles. The van der Waals surface area contributed by atoms with Crippen LogP contribution in [0.2, 0.25) is 0 Å². The molecule has 1 aliphatic rings. The Kier molecular flexibility index (Phi) is 6.42. The van der Waals surface area contributed by atoms with Crippen LogP contribution < -0.4 is 0 Å². The molecule has 0 aliphatic heterocycles. The summed E-state index contributed by atoms with van der Waals surface area (Å²) < 4.78 is 0. The van der Waals surface area contributed by atoms with Crippen LogP contribution in [0.25, 0.3) is 71.5 Å². The topological polar surface area (TPSA) is 25.8 Å². The summed E-state index contributed by atoms with van der Waals surface area (Å²) in [5.74, 6) is 0. The van der Waals surface area contributed by atoms with Crippen molar-refractivity contribution in [3.8, 4) is 33.4 Å². The van der Waals surface area contributed by atoms with E-state index in [2.05, 4.69) is 147 Å². The fourth-order valence-electron chi connectivity index (χ4n) is 6.71. The fraction of sp³-hybridized carbons (Fsp3) is 0.0952. The standard InChI is InChI=1S/C42H32N2/c1-27-23-39(33-17-9-15-31(25-33)29-11-5-3-6-12-29)37-21-20-36-35(41(37)43-27)19-22-38-40(24-28(2)44-42(36)38)34-18-10-16-32(26-34)30-13-7-4-8-14-30/h3,5-7,9-26H,4,8H2,1-2H3. The summed E-state index contributed by atoms with van der Waals surface area (Å²) in [5.41, 5.74) is 13.9. The van der Waals surface area contributed by atoms with E-state index in [0.717, 1.165) is 56.8 Å².